The number of alkyl halides is 9. The highest BCUT2D eigenvalue weighted by molar-refractivity contribution is 9.10. The van der Waals surface area contributed by atoms with Gasteiger partial charge in [0.05, 0.1) is 29.0 Å². The molecule has 0 aliphatic heterocycles. The van der Waals surface area contributed by atoms with E-state index in [9.17, 15) is 53.5 Å². The average molecular weight is 719 g/mol. The minimum absolute atomic E-state index is 0.0849. The van der Waals surface area contributed by atoms with E-state index < -0.39 is 92.3 Å². The summed E-state index contributed by atoms with van der Waals surface area (Å²) in [6, 6.07) is 6.39. The van der Waals surface area contributed by atoms with E-state index in [0.717, 1.165) is 42.5 Å². The Morgan fingerprint density at radius 2 is 1.48 bits per heavy atom. The van der Waals surface area contributed by atoms with Crippen molar-refractivity contribution in [2.45, 2.75) is 23.7 Å². The van der Waals surface area contributed by atoms with Gasteiger partial charge >= 0.3 is 18.5 Å². The lowest BCUT2D eigenvalue weighted by atomic mass is 9.93. The Hall–Kier alpha value is -3.70. The molecular formula is C27H15BrF11N2O2P. The van der Waals surface area contributed by atoms with Crippen molar-refractivity contribution in [1.82, 2.24) is 0 Å². The first kappa shape index (κ1) is 34.8. The summed E-state index contributed by atoms with van der Waals surface area (Å²) in [5, 5.41) is -3.17. The van der Waals surface area contributed by atoms with E-state index in [-0.39, 0.29) is 11.6 Å². The number of benzene rings is 3. The van der Waals surface area contributed by atoms with Gasteiger partial charge in [-0.05, 0) is 70.0 Å². The first-order valence-corrected chi connectivity index (χ1v) is 13.0. The van der Waals surface area contributed by atoms with Crippen molar-refractivity contribution >= 4 is 48.4 Å². The molecule has 1 atom stereocenters. The number of nitrogens with zero attached hydrogens (tertiary/aromatic N) is 1. The molecule has 0 aliphatic rings. The number of amides is 2. The summed E-state index contributed by atoms with van der Waals surface area (Å²) in [5.41, 5.74) is -7.08. The van der Waals surface area contributed by atoms with E-state index in [1.54, 1.807) is 5.32 Å². The quantitative estimate of drug-likeness (QED) is 0.158. The molecule has 0 fully saturated rings. The van der Waals surface area contributed by atoms with Crippen LogP contribution in [0, 0.1) is 24.0 Å². The lowest BCUT2D eigenvalue weighted by Gasteiger charge is -2.35. The number of anilines is 2. The van der Waals surface area contributed by atoms with E-state index in [0.29, 0.717) is 14.1 Å². The monoisotopic (exact) mass is 718 g/mol. The van der Waals surface area contributed by atoms with Crippen LogP contribution in [0.4, 0.5) is 59.7 Å². The minimum atomic E-state index is -6.12. The molecule has 0 saturated carbocycles. The lowest BCUT2D eigenvalue weighted by Crippen LogP contribution is -2.49. The summed E-state index contributed by atoms with van der Waals surface area (Å²) < 4.78 is 151. The Kier molecular flexibility index (Phi) is 9.77. The Bertz CT molecular complexity index is 1620. The molecule has 0 spiro atoms. The molecule has 0 aromatic heterocycles. The van der Waals surface area contributed by atoms with Gasteiger partial charge in [-0.15, -0.1) is 15.7 Å². The van der Waals surface area contributed by atoms with E-state index in [1.807, 2.05) is 0 Å². The molecule has 0 heterocycles. The van der Waals surface area contributed by atoms with Gasteiger partial charge in [-0.1, -0.05) is 12.0 Å². The fourth-order valence-corrected chi connectivity index (χ4v) is 4.59. The SMILES string of the molecule is C#CCN(C(=O)c1ccc(F)cc1)c1cccc(C(=O)Nc2c(Br)cc(C(P)(C(F)(F)F)C(F)(F)F)cc2C(F)(F)F)c1F. The maximum atomic E-state index is 15.6. The molecule has 0 radical (unpaired) electrons. The Labute approximate surface area is 251 Å². The van der Waals surface area contributed by atoms with Gasteiger partial charge in [-0.25, -0.2) is 8.78 Å². The van der Waals surface area contributed by atoms with Crippen molar-refractivity contribution in [2.75, 3.05) is 16.8 Å². The number of hydrogen-bond donors (Lipinski definition) is 1. The van der Waals surface area contributed by atoms with Gasteiger partial charge in [0.2, 0.25) is 0 Å². The number of terminal acetylenes is 1. The second kappa shape index (κ2) is 12.4. The number of rotatable bonds is 6. The fourth-order valence-electron chi connectivity index (χ4n) is 3.86. The Morgan fingerprint density at radius 3 is 1.98 bits per heavy atom. The fraction of sp³-hybridized carbons (Fsp3) is 0.185. The highest BCUT2D eigenvalue weighted by atomic mass is 79.9. The maximum Gasteiger partial charge on any atom is 0.418 e. The van der Waals surface area contributed by atoms with Crippen molar-refractivity contribution < 1.29 is 57.9 Å². The van der Waals surface area contributed by atoms with Gasteiger partial charge in [0, 0.05) is 10.0 Å². The predicted molar refractivity (Wildman–Crippen MR) is 144 cm³/mol. The molecule has 234 valence electrons. The van der Waals surface area contributed by atoms with Crippen LogP contribution in [0.5, 0.6) is 0 Å². The molecule has 3 aromatic rings. The highest BCUT2D eigenvalue weighted by Crippen LogP contribution is 2.58. The van der Waals surface area contributed by atoms with Crippen molar-refractivity contribution in [3.63, 3.8) is 0 Å². The van der Waals surface area contributed by atoms with Crippen molar-refractivity contribution in [3.8, 4) is 12.3 Å². The predicted octanol–water partition coefficient (Wildman–Crippen LogP) is 8.47. The van der Waals surface area contributed by atoms with Crippen molar-refractivity contribution in [3.05, 3.63) is 93.0 Å². The van der Waals surface area contributed by atoms with Crippen molar-refractivity contribution in [1.29, 1.82) is 0 Å². The Morgan fingerprint density at radius 1 is 0.909 bits per heavy atom. The molecule has 4 nitrogen and oxygen atoms in total. The van der Waals surface area contributed by atoms with Crippen LogP contribution >= 0.6 is 25.2 Å². The van der Waals surface area contributed by atoms with Crippen LogP contribution in [0.2, 0.25) is 0 Å². The lowest BCUT2D eigenvalue weighted by molar-refractivity contribution is -0.269. The molecule has 17 heteroatoms. The third-order valence-corrected chi connectivity index (χ3v) is 7.70. The second-order valence-electron chi connectivity index (χ2n) is 8.88. The molecule has 2 amide bonds. The smallest absolute Gasteiger partial charge is 0.320 e. The zero-order valence-electron chi connectivity index (χ0n) is 21.4. The number of nitrogens with one attached hydrogen (secondary N) is 1. The molecule has 0 bridgehead atoms. The molecular weight excluding hydrogens is 704 g/mol. The molecule has 1 N–H and O–H groups in total. The molecule has 44 heavy (non-hydrogen) atoms. The molecule has 3 rings (SSSR count). The largest absolute Gasteiger partial charge is 0.418 e. The summed E-state index contributed by atoms with van der Waals surface area (Å²) in [5.74, 6) is -2.67. The minimum Gasteiger partial charge on any atom is -0.320 e. The van der Waals surface area contributed by atoms with Crippen LogP contribution in [-0.2, 0) is 11.3 Å². The van der Waals surface area contributed by atoms with Gasteiger partial charge in [-0.3, -0.25) is 14.5 Å². The number of carbonyl (C=O) groups excluding carboxylic acids is 2. The van der Waals surface area contributed by atoms with E-state index in [2.05, 4.69) is 21.9 Å². The topological polar surface area (TPSA) is 49.4 Å². The van der Waals surface area contributed by atoms with Crippen LogP contribution in [0.3, 0.4) is 0 Å². The van der Waals surface area contributed by atoms with E-state index >= 15 is 4.39 Å². The first-order chi connectivity index (χ1) is 20.1. The van der Waals surface area contributed by atoms with Crippen LogP contribution in [0.1, 0.15) is 31.8 Å². The van der Waals surface area contributed by atoms with Crippen LogP contribution in [0.15, 0.2) is 59.1 Å². The summed E-state index contributed by atoms with van der Waals surface area (Å²) in [4.78, 5) is 26.6. The normalized spacial score (nSPS) is 12.5. The second-order valence-corrected chi connectivity index (χ2v) is 10.6. The number of hydrogen-bond acceptors (Lipinski definition) is 2. The maximum absolute atomic E-state index is 15.6. The van der Waals surface area contributed by atoms with Gasteiger partial charge in [0.15, 0.2) is 11.0 Å². The van der Waals surface area contributed by atoms with Crippen LogP contribution < -0.4 is 10.2 Å². The van der Waals surface area contributed by atoms with E-state index in [1.165, 1.54) is 0 Å². The zero-order chi connectivity index (χ0) is 33.4. The highest BCUT2D eigenvalue weighted by Gasteiger charge is 2.69. The van der Waals surface area contributed by atoms with Crippen LogP contribution in [-0.4, -0.2) is 30.7 Å². The van der Waals surface area contributed by atoms with Gasteiger partial charge in [0.25, 0.3) is 11.8 Å². The summed E-state index contributed by atoms with van der Waals surface area (Å²) >= 11 is 2.49. The summed E-state index contributed by atoms with van der Waals surface area (Å²) in [6.07, 6.45) is -12.6. The number of carbonyl (C=O) groups is 2. The van der Waals surface area contributed by atoms with Gasteiger partial charge in [-0.2, -0.15) is 39.5 Å². The van der Waals surface area contributed by atoms with E-state index in [4.69, 9.17) is 6.42 Å². The molecule has 1 unspecified atom stereocenters. The summed E-state index contributed by atoms with van der Waals surface area (Å²) in [6.45, 7) is -0.585. The molecule has 0 aliphatic carbocycles. The van der Waals surface area contributed by atoms with Gasteiger partial charge in [0.1, 0.15) is 5.82 Å². The first-order valence-electron chi connectivity index (χ1n) is 11.6. The third kappa shape index (κ3) is 6.68. The standard InChI is InChI=1S/C27H15BrF11N2O2P/c1-2-10-41(23(43)13-6-8-15(29)9-7-13)19-5-3-4-16(20(19)30)22(42)40-21-17(25(31,32)33)11-14(12-18(21)28)24(44,26(34,35)36)27(37,38)39/h1,3-9,11-12H,10,44H2,(H,40,42). The molecule has 3 aromatic carbocycles. The third-order valence-electron chi connectivity index (χ3n) is 6.08. The zero-order valence-corrected chi connectivity index (χ0v) is 24.1. The molecule has 0 saturated heterocycles. The van der Waals surface area contributed by atoms with Gasteiger partial charge < -0.3 is 5.32 Å². The number of halogens is 12. The Balaban J connectivity index is 2.12. The van der Waals surface area contributed by atoms with Crippen LogP contribution in [0.25, 0.3) is 0 Å². The van der Waals surface area contributed by atoms with Crippen molar-refractivity contribution in [2.24, 2.45) is 0 Å². The average Bonchev–Trinajstić information content (AvgIpc) is 2.90. The summed E-state index contributed by atoms with van der Waals surface area (Å²) in [7, 11) is 0.483.